The third-order valence-corrected chi connectivity index (χ3v) is 3.09. The fourth-order valence-electron chi connectivity index (χ4n) is 1.88. The summed E-state index contributed by atoms with van der Waals surface area (Å²) in [5.74, 6) is 0. The van der Waals surface area contributed by atoms with Gasteiger partial charge in [0.15, 0.2) is 0 Å². The highest BCUT2D eigenvalue weighted by molar-refractivity contribution is 5.37. The summed E-state index contributed by atoms with van der Waals surface area (Å²) >= 11 is 0. The maximum atomic E-state index is 8.84. The standard InChI is InChI=1S/C15H19N3/c1-12(2)18(8-4-7-16)11-15-6-5-14(10-17)9-13(15)3/h5-6,9,12H,4,8,11H2,1-3H3. The molecule has 0 spiro atoms. The first-order valence-electron chi connectivity index (χ1n) is 6.19. The number of nitriles is 2. The van der Waals surface area contributed by atoms with Crippen LogP contribution in [-0.4, -0.2) is 17.5 Å². The molecule has 3 heteroatoms. The summed E-state index contributed by atoms with van der Waals surface area (Å²) in [6, 6.07) is 10.5. The minimum atomic E-state index is 0.411. The predicted octanol–water partition coefficient (Wildman–Crippen LogP) is 2.99. The molecule has 0 saturated heterocycles. The minimum absolute atomic E-state index is 0.411. The fraction of sp³-hybridized carbons (Fsp3) is 0.467. The van der Waals surface area contributed by atoms with Crippen LogP contribution in [-0.2, 0) is 6.54 Å². The van der Waals surface area contributed by atoms with Crippen molar-refractivity contribution in [2.75, 3.05) is 6.54 Å². The van der Waals surface area contributed by atoms with E-state index in [1.807, 2.05) is 25.1 Å². The highest BCUT2D eigenvalue weighted by Crippen LogP contribution is 2.15. The van der Waals surface area contributed by atoms with Crippen molar-refractivity contribution in [2.45, 2.75) is 39.8 Å². The summed E-state index contributed by atoms with van der Waals surface area (Å²) in [6.07, 6.45) is 0.549. The Morgan fingerprint density at radius 1 is 1.28 bits per heavy atom. The normalized spacial score (nSPS) is 10.4. The van der Waals surface area contributed by atoms with E-state index < -0.39 is 0 Å². The molecule has 0 aliphatic heterocycles. The van der Waals surface area contributed by atoms with Gasteiger partial charge in [-0.1, -0.05) is 6.07 Å². The van der Waals surface area contributed by atoms with Gasteiger partial charge in [-0.3, -0.25) is 4.90 Å². The molecule has 0 radical (unpaired) electrons. The minimum Gasteiger partial charge on any atom is -0.296 e. The van der Waals surface area contributed by atoms with Gasteiger partial charge in [0.25, 0.3) is 0 Å². The summed E-state index contributed by atoms with van der Waals surface area (Å²) in [7, 11) is 0. The average Bonchev–Trinajstić information content (AvgIpc) is 2.35. The highest BCUT2D eigenvalue weighted by atomic mass is 15.1. The van der Waals surface area contributed by atoms with Crippen molar-refractivity contribution in [3.8, 4) is 12.1 Å². The van der Waals surface area contributed by atoms with Crippen LogP contribution < -0.4 is 0 Å². The summed E-state index contributed by atoms with van der Waals surface area (Å²) in [5.41, 5.74) is 3.06. The second kappa shape index (κ2) is 6.79. The molecule has 0 atom stereocenters. The molecular formula is C15H19N3. The van der Waals surface area contributed by atoms with Crippen LogP contribution in [0.25, 0.3) is 0 Å². The molecule has 0 N–H and O–H groups in total. The quantitative estimate of drug-likeness (QED) is 0.796. The molecule has 0 heterocycles. The third kappa shape index (κ3) is 3.87. The topological polar surface area (TPSA) is 50.8 Å². The van der Waals surface area contributed by atoms with Crippen molar-refractivity contribution in [3.63, 3.8) is 0 Å². The molecule has 0 fully saturated rings. The van der Waals surface area contributed by atoms with Crippen LogP contribution in [0, 0.1) is 29.6 Å². The molecule has 3 nitrogen and oxygen atoms in total. The van der Waals surface area contributed by atoms with Crippen LogP contribution in [0.2, 0.25) is 0 Å². The Kier molecular flexibility index (Phi) is 5.36. The largest absolute Gasteiger partial charge is 0.296 e. The van der Waals surface area contributed by atoms with Gasteiger partial charge in [-0.2, -0.15) is 10.5 Å². The zero-order valence-electron chi connectivity index (χ0n) is 11.3. The molecule has 1 aromatic rings. The van der Waals surface area contributed by atoms with Gasteiger partial charge in [0, 0.05) is 25.6 Å². The molecule has 0 unspecified atom stereocenters. The highest BCUT2D eigenvalue weighted by Gasteiger charge is 2.11. The SMILES string of the molecule is Cc1cc(C#N)ccc1CN(CCC#N)C(C)C. The van der Waals surface area contributed by atoms with Crippen molar-refractivity contribution >= 4 is 0 Å². The molecule has 94 valence electrons. The van der Waals surface area contributed by atoms with Crippen LogP contribution in [0.4, 0.5) is 0 Å². The first kappa shape index (κ1) is 14.2. The Hall–Kier alpha value is -1.84. The molecule has 18 heavy (non-hydrogen) atoms. The number of hydrogen-bond acceptors (Lipinski definition) is 3. The number of rotatable bonds is 5. The molecule has 0 aromatic heterocycles. The molecule has 1 rings (SSSR count). The van der Waals surface area contributed by atoms with Gasteiger partial charge < -0.3 is 0 Å². The Labute approximate surface area is 109 Å². The van der Waals surface area contributed by atoms with Crippen molar-refractivity contribution in [1.82, 2.24) is 4.90 Å². The van der Waals surface area contributed by atoms with Crippen LogP contribution in [0.3, 0.4) is 0 Å². The second-order valence-electron chi connectivity index (χ2n) is 4.73. The van der Waals surface area contributed by atoms with Crippen LogP contribution >= 0.6 is 0 Å². The molecule has 0 aliphatic carbocycles. The molecule has 1 aromatic carbocycles. The maximum Gasteiger partial charge on any atom is 0.0991 e. The van der Waals surface area contributed by atoms with E-state index in [0.717, 1.165) is 18.7 Å². The zero-order chi connectivity index (χ0) is 13.5. The van der Waals surface area contributed by atoms with E-state index in [4.69, 9.17) is 10.5 Å². The Morgan fingerprint density at radius 2 is 2.00 bits per heavy atom. The smallest absolute Gasteiger partial charge is 0.0991 e. The van der Waals surface area contributed by atoms with Crippen LogP contribution in [0.5, 0.6) is 0 Å². The monoisotopic (exact) mass is 241 g/mol. The Bertz CT molecular complexity index is 477. The number of aryl methyl sites for hydroxylation is 1. The van der Waals surface area contributed by atoms with Gasteiger partial charge in [-0.05, 0) is 44.0 Å². The van der Waals surface area contributed by atoms with Crippen molar-refractivity contribution in [2.24, 2.45) is 0 Å². The summed E-state index contributed by atoms with van der Waals surface area (Å²) in [5, 5.41) is 17.5. The van der Waals surface area contributed by atoms with Gasteiger partial charge in [-0.25, -0.2) is 0 Å². The first-order chi connectivity index (χ1) is 8.58. The molecule has 0 saturated carbocycles. The summed E-state index contributed by atoms with van der Waals surface area (Å²) < 4.78 is 0. The van der Waals surface area contributed by atoms with Gasteiger partial charge in [0.1, 0.15) is 0 Å². The van der Waals surface area contributed by atoms with Crippen molar-refractivity contribution in [3.05, 3.63) is 34.9 Å². The third-order valence-electron chi connectivity index (χ3n) is 3.09. The van der Waals surface area contributed by atoms with E-state index in [2.05, 4.69) is 30.9 Å². The molecule has 0 bridgehead atoms. The summed E-state index contributed by atoms with van der Waals surface area (Å²) in [4.78, 5) is 2.28. The van der Waals surface area contributed by atoms with E-state index in [1.165, 1.54) is 5.56 Å². The molecule has 0 aliphatic rings. The predicted molar refractivity (Wildman–Crippen MR) is 71.7 cm³/mol. The van der Waals surface area contributed by atoms with E-state index in [0.29, 0.717) is 18.0 Å². The van der Waals surface area contributed by atoms with Gasteiger partial charge >= 0.3 is 0 Å². The average molecular weight is 241 g/mol. The lowest BCUT2D eigenvalue weighted by atomic mass is 10.0. The maximum absolute atomic E-state index is 8.84. The van der Waals surface area contributed by atoms with Crippen molar-refractivity contribution in [1.29, 1.82) is 10.5 Å². The van der Waals surface area contributed by atoms with Crippen LogP contribution in [0.1, 0.15) is 37.0 Å². The van der Waals surface area contributed by atoms with Crippen molar-refractivity contribution < 1.29 is 0 Å². The number of hydrogen-bond donors (Lipinski definition) is 0. The van der Waals surface area contributed by atoms with E-state index in [9.17, 15) is 0 Å². The number of benzene rings is 1. The second-order valence-corrected chi connectivity index (χ2v) is 4.73. The van der Waals surface area contributed by atoms with E-state index in [-0.39, 0.29) is 0 Å². The molecule has 0 amide bonds. The summed E-state index contributed by atoms with van der Waals surface area (Å²) in [6.45, 7) is 7.91. The van der Waals surface area contributed by atoms with Crippen LogP contribution in [0.15, 0.2) is 18.2 Å². The van der Waals surface area contributed by atoms with Gasteiger partial charge in [0.05, 0.1) is 17.7 Å². The Morgan fingerprint density at radius 3 is 2.50 bits per heavy atom. The first-order valence-corrected chi connectivity index (χ1v) is 6.19. The zero-order valence-corrected chi connectivity index (χ0v) is 11.3. The molecular weight excluding hydrogens is 222 g/mol. The van der Waals surface area contributed by atoms with Gasteiger partial charge in [-0.15, -0.1) is 0 Å². The van der Waals surface area contributed by atoms with E-state index >= 15 is 0 Å². The van der Waals surface area contributed by atoms with E-state index in [1.54, 1.807) is 0 Å². The lowest BCUT2D eigenvalue weighted by Crippen LogP contribution is -2.31. The fourth-order valence-corrected chi connectivity index (χ4v) is 1.88. The lowest BCUT2D eigenvalue weighted by Gasteiger charge is -2.26. The lowest BCUT2D eigenvalue weighted by molar-refractivity contribution is 0.217. The number of nitrogens with zero attached hydrogens (tertiary/aromatic N) is 3. The Balaban J connectivity index is 2.81. The van der Waals surface area contributed by atoms with Gasteiger partial charge in [0.2, 0.25) is 0 Å².